The Balaban J connectivity index is 1.59. The maximum atomic E-state index is 11.6. The Morgan fingerprint density at radius 1 is 1.41 bits per heavy atom. The molecule has 112 valence electrons. The summed E-state index contributed by atoms with van der Waals surface area (Å²) in [6, 6.07) is 6.73. The highest BCUT2D eigenvalue weighted by Gasteiger charge is 2.10. The molecule has 0 saturated heterocycles. The van der Waals surface area contributed by atoms with Gasteiger partial charge in [0.2, 0.25) is 11.7 Å². The monoisotopic (exact) mass is 335 g/mol. The molecule has 22 heavy (non-hydrogen) atoms. The maximum Gasteiger partial charge on any atom is 0.321 e. The fourth-order valence-electron chi connectivity index (χ4n) is 1.65. The molecule has 0 aliphatic heterocycles. The van der Waals surface area contributed by atoms with E-state index < -0.39 is 6.03 Å². The lowest BCUT2D eigenvalue weighted by Crippen LogP contribution is -2.28. The van der Waals surface area contributed by atoms with Gasteiger partial charge in [0.25, 0.3) is 0 Å². The first-order valence-electron chi connectivity index (χ1n) is 6.23. The van der Waals surface area contributed by atoms with Crippen molar-refractivity contribution < 1.29 is 9.32 Å². The van der Waals surface area contributed by atoms with Crippen molar-refractivity contribution in [3.63, 3.8) is 0 Å². The topological polar surface area (TPSA) is 92.9 Å². The number of rotatable bonds is 4. The van der Waals surface area contributed by atoms with E-state index >= 15 is 0 Å². The molecule has 2 N–H and O–H groups in total. The maximum absolute atomic E-state index is 11.6. The van der Waals surface area contributed by atoms with E-state index in [0.29, 0.717) is 21.9 Å². The largest absolute Gasteiger partial charge is 0.337 e. The van der Waals surface area contributed by atoms with E-state index in [0.717, 1.165) is 5.56 Å². The zero-order valence-corrected chi connectivity index (χ0v) is 12.7. The molecule has 0 atom stereocenters. The number of thiazole rings is 1. The summed E-state index contributed by atoms with van der Waals surface area (Å²) in [6.45, 7) is 0.116. The van der Waals surface area contributed by atoms with Crippen molar-refractivity contribution in [1.82, 2.24) is 20.4 Å². The third-order valence-corrected chi connectivity index (χ3v) is 3.53. The molecule has 0 radical (unpaired) electrons. The van der Waals surface area contributed by atoms with Crippen LogP contribution < -0.4 is 10.6 Å². The van der Waals surface area contributed by atoms with Gasteiger partial charge < -0.3 is 9.84 Å². The Morgan fingerprint density at radius 2 is 2.32 bits per heavy atom. The molecule has 7 nitrogen and oxygen atoms in total. The molecule has 0 aliphatic carbocycles. The number of halogens is 1. The minimum Gasteiger partial charge on any atom is -0.337 e. The van der Waals surface area contributed by atoms with Crippen LogP contribution >= 0.6 is 22.9 Å². The van der Waals surface area contributed by atoms with Gasteiger partial charge in [-0.25, -0.2) is 9.78 Å². The summed E-state index contributed by atoms with van der Waals surface area (Å²) < 4.78 is 5.08. The fraction of sp³-hybridized carbons (Fsp3) is 0.0769. The average molecular weight is 336 g/mol. The van der Waals surface area contributed by atoms with Crippen molar-refractivity contribution >= 4 is 34.1 Å². The average Bonchev–Trinajstić information content (AvgIpc) is 3.16. The van der Waals surface area contributed by atoms with Crippen molar-refractivity contribution in [1.29, 1.82) is 0 Å². The fourth-order valence-corrected chi connectivity index (χ4v) is 2.37. The molecular formula is C13H10ClN5O2S. The van der Waals surface area contributed by atoms with Crippen molar-refractivity contribution in [3.05, 3.63) is 46.8 Å². The zero-order chi connectivity index (χ0) is 15.4. The third kappa shape index (κ3) is 3.60. The Hall–Kier alpha value is -2.45. The van der Waals surface area contributed by atoms with Gasteiger partial charge >= 0.3 is 6.03 Å². The van der Waals surface area contributed by atoms with Gasteiger partial charge in [0.15, 0.2) is 5.13 Å². The highest BCUT2D eigenvalue weighted by Crippen LogP contribution is 2.19. The number of aromatic nitrogens is 3. The lowest BCUT2D eigenvalue weighted by molar-refractivity contribution is 0.249. The summed E-state index contributed by atoms with van der Waals surface area (Å²) in [7, 11) is 0. The second kappa shape index (κ2) is 6.54. The minimum absolute atomic E-state index is 0.116. The summed E-state index contributed by atoms with van der Waals surface area (Å²) in [5.74, 6) is 0.712. The normalized spacial score (nSPS) is 10.4. The Bertz CT molecular complexity index is 774. The number of carbonyl (C=O) groups is 1. The molecule has 0 spiro atoms. The predicted octanol–water partition coefficient (Wildman–Crippen LogP) is 3.17. The highest BCUT2D eigenvalue weighted by atomic mass is 35.5. The van der Waals surface area contributed by atoms with Crippen LogP contribution in [-0.4, -0.2) is 21.2 Å². The number of nitrogens with one attached hydrogen (secondary N) is 2. The van der Waals surface area contributed by atoms with Crippen molar-refractivity contribution in [3.8, 4) is 11.4 Å². The van der Waals surface area contributed by atoms with Gasteiger partial charge in [-0.15, -0.1) is 11.3 Å². The molecule has 0 unspecified atom stereocenters. The van der Waals surface area contributed by atoms with Gasteiger partial charge in [-0.1, -0.05) is 28.9 Å². The smallest absolute Gasteiger partial charge is 0.321 e. The third-order valence-electron chi connectivity index (χ3n) is 2.60. The molecule has 3 rings (SSSR count). The van der Waals surface area contributed by atoms with E-state index in [2.05, 4.69) is 25.8 Å². The number of carbonyl (C=O) groups excluding carboxylic acids is 1. The van der Waals surface area contributed by atoms with Crippen LogP contribution in [0.4, 0.5) is 9.93 Å². The summed E-state index contributed by atoms with van der Waals surface area (Å²) in [5, 5.41) is 11.9. The number of hydrogen-bond donors (Lipinski definition) is 2. The molecule has 0 aliphatic rings. The minimum atomic E-state index is -0.391. The van der Waals surface area contributed by atoms with Crippen molar-refractivity contribution in [2.75, 3.05) is 5.32 Å². The molecule has 0 fully saturated rings. The summed E-state index contributed by atoms with van der Waals surface area (Å²) in [5.41, 5.74) is 0.745. The summed E-state index contributed by atoms with van der Waals surface area (Å²) >= 11 is 7.24. The van der Waals surface area contributed by atoms with E-state index in [9.17, 15) is 4.79 Å². The second-order valence-electron chi connectivity index (χ2n) is 4.17. The molecule has 1 aromatic carbocycles. The Morgan fingerprint density at radius 3 is 3.09 bits per heavy atom. The lowest BCUT2D eigenvalue weighted by atomic mass is 10.2. The quantitative estimate of drug-likeness (QED) is 0.763. The molecule has 0 bridgehead atoms. The van der Waals surface area contributed by atoms with Crippen LogP contribution in [0.3, 0.4) is 0 Å². The van der Waals surface area contributed by atoms with Gasteiger partial charge in [-0.2, -0.15) is 4.98 Å². The molecular weight excluding hydrogens is 326 g/mol. The first kappa shape index (κ1) is 14.5. The Kier molecular flexibility index (Phi) is 4.31. The van der Waals surface area contributed by atoms with Crippen LogP contribution in [0, 0.1) is 0 Å². The van der Waals surface area contributed by atoms with E-state index in [1.54, 1.807) is 29.8 Å². The summed E-state index contributed by atoms with van der Waals surface area (Å²) in [6.07, 6.45) is 1.61. The molecule has 3 aromatic rings. The molecule has 2 amide bonds. The van der Waals surface area contributed by atoms with E-state index in [1.165, 1.54) is 11.3 Å². The predicted molar refractivity (Wildman–Crippen MR) is 82.7 cm³/mol. The molecule has 0 saturated carbocycles. The van der Waals surface area contributed by atoms with E-state index in [4.69, 9.17) is 16.1 Å². The van der Waals surface area contributed by atoms with Crippen LogP contribution in [0.1, 0.15) is 5.89 Å². The van der Waals surface area contributed by atoms with Crippen LogP contribution in [0.5, 0.6) is 0 Å². The van der Waals surface area contributed by atoms with Crippen LogP contribution in [0.2, 0.25) is 5.02 Å². The number of benzene rings is 1. The zero-order valence-electron chi connectivity index (χ0n) is 11.1. The van der Waals surface area contributed by atoms with Crippen LogP contribution in [0.25, 0.3) is 11.4 Å². The number of urea groups is 1. The second-order valence-corrected chi connectivity index (χ2v) is 5.50. The number of anilines is 1. The van der Waals surface area contributed by atoms with Gasteiger partial charge in [-0.3, -0.25) is 5.32 Å². The molecule has 2 heterocycles. The molecule has 9 heteroatoms. The van der Waals surface area contributed by atoms with Gasteiger partial charge in [0, 0.05) is 22.2 Å². The first-order valence-corrected chi connectivity index (χ1v) is 7.49. The van der Waals surface area contributed by atoms with Gasteiger partial charge in [0.05, 0.1) is 6.54 Å². The first-order chi connectivity index (χ1) is 10.7. The highest BCUT2D eigenvalue weighted by molar-refractivity contribution is 7.13. The van der Waals surface area contributed by atoms with Crippen LogP contribution in [-0.2, 0) is 6.54 Å². The van der Waals surface area contributed by atoms with Gasteiger partial charge in [-0.05, 0) is 12.1 Å². The van der Waals surface area contributed by atoms with Crippen molar-refractivity contribution in [2.45, 2.75) is 6.54 Å². The number of nitrogens with zero attached hydrogens (tertiary/aromatic N) is 3. The van der Waals surface area contributed by atoms with Gasteiger partial charge in [0.1, 0.15) is 0 Å². The standard InChI is InChI=1S/C13H10ClN5O2S/c14-9-3-1-2-8(6-9)11-17-10(21-19-11)7-16-12(20)18-13-15-4-5-22-13/h1-6H,7H2,(H2,15,16,18,20). The Labute approximate surface area is 134 Å². The lowest BCUT2D eigenvalue weighted by Gasteiger charge is -2.01. The number of hydrogen-bond acceptors (Lipinski definition) is 6. The number of amides is 2. The van der Waals surface area contributed by atoms with E-state index in [-0.39, 0.29) is 6.54 Å². The van der Waals surface area contributed by atoms with Crippen LogP contribution in [0.15, 0.2) is 40.4 Å². The SMILES string of the molecule is O=C(NCc1nc(-c2cccc(Cl)c2)no1)Nc1nccs1. The van der Waals surface area contributed by atoms with Crippen molar-refractivity contribution in [2.24, 2.45) is 0 Å². The summed E-state index contributed by atoms with van der Waals surface area (Å²) in [4.78, 5) is 19.8. The molecule has 2 aromatic heterocycles. The van der Waals surface area contributed by atoms with E-state index in [1.807, 2.05) is 6.07 Å².